The molecule has 0 aliphatic rings. The molecule has 1 aromatic carbocycles. The molecule has 0 saturated heterocycles. The highest BCUT2D eigenvalue weighted by atomic mass is 79.9. The van der Waals surface area contributed by atoms with Crippen molar-refractivity contribution < 1.29 is 8.42 Å². The Morgan fingerprint density at radius 2 is 2.11 bits per heavy atom. The van der Waals surface area contributed by atoms with Gasteiger partial charge in [-0.05, 0) is 34.5 Å². The predicted octanol–water partition coefficient (Wildman–Crippen LogP) is 2.93. The highest BCUT2D eigenvalue weighted by molar-refractivity contribution is 9.10. The quantitative estimate of drug-likeness (QED) is 0.876. The first-order valence-electron chi connectivity index (χ1n) is 5.84. The van der Waals surface area contributed by atoms with Crippen LogP contribution in [-0.2, 0) is 16.4 Å². The zero-order chi connectivity index (χ0) is 13.9. The fourth-order valence-corrected chi connectivity index (χ4v) is 3.66. The van der Waals surface area contributed by atoms with Crippen LogP contribution in [0.4, 0.5) is 5.82 Å². The standard InChI is InChI=1S/C12H14BrN3O2S/c1-2-5-9-8-12(15-14-9)16-19(17,18)11-7-4-3-6-10(11)13/h3-4,6-8H,2,5H2,1H3,(H2,14,15,16). The summed E-state index contributed by atoms with van der Waals surface area (Å²) in [4.78, 5) is 0.190. The summed E-state index contributed by atoms with van der Waals surface area (Å²) in [6.07, 6.45) is 1.81. The average molecular weight is 344 g/mol. The number of sulfonamides is 1. The summed E-state index contributed by atoms with van der Waals surface area (Å²) in [5.74, 6) is 0.305. The minimum absolute atomic E-state index is 0.190. The molecule has 1 heterocycles. The van der Waals surface area contributed by atoms with Gasteiger partial charge in [-0.15, -0.1) is 0 Å². The molecule has 2 aromatic rings. The minimum atomic E-state index is -3.62. The van der Waals surface area contributed by atoms with Crippen LogP contribution in [0.1, 0.15) is 19.0 Å². The second-order valence-electron chi connectivity index (χ2n) is 4.06. The van der Waals surface area contributed by atoms with Crippen LogP contribution in [0.3, 0.4) is 0 Å². The molecule has 0 atom stereocenters. The van der Waals surface area contributed by atoms with Gasteiger partial charge in [0.1, 0.15) is 4.90 Å². The molecule has 1 aromatic heterocycles. The van der Waals surface area contributed by atoms with Crippen molar-refractivity contribution in [2.24, 2.45) is 0 Å². The van der Waals surface area contributed by atoms with E-state index >= 15 is 0 Å². The van der Waals surface area contributed by atoms with Gasteiger partial charge in [0, 0.05) is 16.2 Å². The maximum absolute atomic E-state index is 12.2. The zero-order valence-corrected chi connectivity index (χ0v) is 12.8. The maximum Gasteiger partial charge on any atom is 0.264 e. The predicted molar refractivity (Wildman–Crippen MR) is 77.5 cm³/mol. The normalized spacial score (nSPS) is 11.5. The van der Waals surface area contributed by atoms with Crippen molar-refractivity contribution >= 4 is 31.8 Å². The first-order chi connectivity index (χ1) is 9.03. The lowest BCUT2D eigenvalue weighted by Gasteiger charge is -2.06. The van der Waals surface area contributed by atoms with Gasteiger partial charge >= 0.3 is 0 Å². The molecule has 19 heavy (non-hydrogen) atoms. The van der Waals surface area contributed by atoms with Crippen LogP contribution >= 0.6 is 15.9 Å². The lowest BCUT2D eigenvalue weighted by molar-refractivity contribution is 0.600. The van der Waals surface area contributed by atoms with Gasteiger partial charge in [0.25, 0.3) is 10.0 Å². The minimum Gasteiger partial charge on any atom is -0.280 e. The molecular formula is C12H14BrN3O2S. The molecule has 0 fully saturated rings. The summed E-state index contributed by atoms with van der Waals surface area (Å²) in [5.41, 5.74) is 0.910. The van der Waals surface area contributed by atoms with Crippen LogP contribution in [0.2, 0.25) is 0 Å². The van der Waals surface area contributed by atoms with Crippen LogP contribution < -0.4 is 4.72 Å². The summed E-state index contributed by atoms with van der Waals surface area (Å²) >= 11 is 3.23. The van der Waals surface area contributed by atoms with E-state index in [1.807, 2.05) is 6.92 Å². The number of nitrogens with zero attached hydrogens (tertiary/aromatic N) is 1. The van der Waals surface area contributed by atoms with Gasteiger partial charge < -0.3 is 0 Å². The average Bonchev–Trinajstić information content (AvgIpc) is 2.76. The number of halogens is 1. The number of hydrogen-bond acceptors (Lipinski definition) is 3. The highest BCUT2D eigenvalue weighted by Crippen LogP contribution is 2.23. The number of rotatable bonds is 5. The SMILES string of the molecule is CCCc1cc(NS(=O)(=O)c2ccccc2Br)n[nH]1. The van der Waals surface area contributed by atoms with Gasteiger partial charge in [-0.25, -0.2) is 8.42 Å². The van der Waals surface area contributed by atoms with E-state index in [9.17, 15) is 8.42 Å². The van der Waals surface area contributed by atoms with Crippen molar-refractivity contribution in [3.8, 4) is 0 Å². The Morgan fingerprint density at radius 1 is 1.37 bits per heavy atom. The lowest BCUT2D eigenvalue weighted by atomic mass is 10.2. The molecule has 0 unspecified atom stereocenters. The van der Waals surface area contributed by atoms with Crippen molar-refractivity contribution in [2.45, 2.75) is 24.7 Å². The highest BCUT2D eigenvalue weighted by Gasteiger charge is 2.18. The molecule has 0 saturated carbocycles. The third kappa shape index (κ3) is 3.36. The van der Waals surface area contributed by atoms with E-state index in [2.05, 4.69) is 30.8 Å². The van der Waals surface area contributed by atoms with Gasteiger partial charge in [-0.2, -0.15) is 5.10 Å². The smallest absolute Gasteiger partial charge is 0.264 e. The third-order valence-corrected chi connectivity index (χ3v) is 4.88. The van der Waals surface area contributed by atoms with E-state index in [1.165, 1.54) is 6.07 Å². The number of hydrogen-bond donors (Lipinski definition) is 2. The van der Waals surface area contributed by atoms with Crippen LogP contribution in [0.15, 0.2) is 39.7 Å². The Morgan fingerprint density at radius 3 is 2.79 bits per heavy atom. The van der Waals surface area contributed by atoms with E-state index in [1.54, 1.807) is 24.3 Å². The van der Waals surface area contributed by atoms with Crippen molar-refractivity contribution in [1.82, 2.24) is 10.2 Å². The number of H-pyrrole nitrogens is 1. The van der Waals surface area contributed by atoms with E-state index < -0.39 is 10.0 Å². The topological polar surface area (TPSA) is 74.8 Å². The van der Waals surface area contributed by atoms with E-state index in [-0.39, 0.29) is 4.90 Å². The van der Waals surface area contributed by atoms with Crippen molar-refractivity contribution in [2.75, 3.05) is 4.72 Å². The van der Waals surface area contributed by atoms with Crippen LogP contribution in [0, 0.1) is 0 Å². The number of benzene rings is 1. The summed E-state index contributed by atoms with van der Waals surface area (Å²) in [6.45, 7) is 2.05. The number of aryl methyl sites for hydroxylation is 1. The number of anilines is 1. The Kier molecular flexibility index (Phi) is 4.26. The Bertz CT molecular complexity index is 667. The summed E-state index contributed by atoms with van der Waals surface area (Å²) in [7, 11) is -3.62. The van der Waals surface area contributed by atoms with Crippen LogP contribution in [0.5, 0.6) is 0 Å². The molecule has 2 rings (SSSR count). The monoisotopic (exact) mass is 343 g/mol. The second-order valence-corrected chi connectivity index (χ2v) is 6.57. The molecule has 7 heteroatoms. The Hall–Kier alpha value is -1.34. The lowest BCUT2D eigenvalue weighted by Crippen LogP contribution is -2.13. The largest absolute Gasteiger partial charge is 0.280 e. The molecule has 102 valence electrons. The first kappa shape index (κ1) is 14.1. The molecular weight excluding hydrogens is 330 g/mol. The second kappa shape index (κ2) is 5.75. The number of aromatic amines is 1. The molecule has 0 spiro atoms. The fraction of sp³-hybridized carbons (Fsp3) is 0.250. The number of aromatic nitrogens is 2. The first-order valence-corrected chi connectivity index (χ1v) is 8.12. The molecule has 0 radical (unpaired) electrons. The van der Waals surface area contributed by atoms with Crippen LogP contribution in [-0.4, -0.2) is 18.6 Å². The van der Waals surface area contributed by atoms with Gasteiger partial charge in [-0.3, -0.25) is 9.82 Å². The summed E-state index contributed by atoms with van der Waals surface area (Å²) < 4.78 is 27.4. The Labute approximate surface area is 120 Å². The van der Waals surface area contributed by atoms with Crippen molar-refractivity contribution in [1.29, 1.82) is 0 Å². The molecule has 5 nitrogen and oxygen atoms in total. The molecule has 0 amide bonds. The van der Waals surface area contributed by atoms with Crippen molar-refractivity contribution in [3.05, 3.63) is 40.5 Å². The maximum atomic E-state index is 12.2. The van der Waals surface area contributed by atoms with Gasteiger partial charge in [0.2, 0.25) is 0 Å². The summed E-state index contributed by atoms with van der Waals surface area (Å²) in [6, 6.07) is 8.36. The van der Waals surface area contributed by atoms with Gasteiger partial charge in [0.05, 0.1) is 0 Å². The number of nitrogens with one attached hydrogen (secondary N) is 2. The summed E-state index contributed by atoms with van der Waals surface area (Å²) in [5, 5.41) is 6.75. The van der Waals surface area contributed by atoms with E-state index in [0.717, 1.165) is 18.5 Å². The third-order valence-electron chi connectivity index (χ3n) is 2.52. The van der Waals surface area contributed by atoms with Gasteiger partial charge in [0.15, 0.2) is 5.82 Å². The Balaban J connectivity index is 2.24. The zero-order valence-electron chi connectivity index (χ0n) is 10.4. The van der Waals surface area contributed by atoms with Crippen LogP contribution in [0.25, 0.3) is 0 Å². The van der Waals surface area contributed by atoms with Gasteiger partial charge in [-0.1, -0.05) is 25.5 Å². The molecule has 0 aliphatic heterocycles. The van der Waals surface area contributed by atoms with E-state index in [4.69, 9.17) is 0 Å². The fourth-order valence-electron chi connectivity index (χ4n) is 1.67. The van der Waals surface area contributed by atoms with Crippen molar-refractivity contribution in [3.63, 3.8) is 0 Å². The molecule has 0 aliphatic carbocycles. The molecule has 0 bridgehead atoms. The molecule has 2 N–H and O–H groups in total. The van der Waals surface area contributed by atoms with E-state index in [0.29, 0.717) is 10.3 Å².